The maximum atomic E-state index is 13.4. The first kappa shape index (κ1) is 20.5. The van der Waals surface area contributed by atoms with E-state index in [0.29, 0.717) is 0 Å². The van der Waals surface area contributed by atoms with Crippen molar-refractivity contribution in [2.45, 2.75) is 6.04 Å². The number of amides is 2. The number of carboxylic acids is 1. The number of nitrogens with zero attached hydrogens (tertiary/aromatic N) is 2. The Morgan fingerprint density at radius 2 is 1.56 bits per heavy atom. The fraction of sp³-hybridized carbons (Fsp3) is 0.182. The number of imide groups is 1. The normalized spacial score (nSPS) is 24.8. The zero-order chi connectivity index (χ0) is 22.9. The Kier molecular flexibility index (Phi) is 4.54. The number of rotatable bonds is 3. The third-order valence-electron chi connectivity index (χ3n) is 5.98. The predicted molar refractivity (Wildman–Crippen MR) is 113 cm³/mol. The van der Waals surface area contributed by atoms with Gasteiger partial charge in [0.05, 0.1) is 22.5 Å². The number of Topliss-reactive ketones (excluding diaryl/α,β-unsaturated/α-hetero) is 2. The number of fused-ring (bicyclic) bond motifs is 2. The molecule has 32 heavy (non-hydrogen) atoms. The van der Waals surface area contributed by atoms with Crippen molar-refractivity contribution in [1.82, 2.24) is 0 Å². The Balaban J connectivity index is 1.61. The summed E-state index contributed by atoms with van der Waals surface area (Å²) in [6, 6.07) is 8.71. The van der Waals surface area contributed by atoms with Gasteiger partial charge in [-0.1, -0.05) is 47.5 Å². The molecule has 0 aromatic heterocycles. The average Bonchev–Trinajstić information content (AvgIpc) is 3.34. The summed E-state index contributed by atoms with van der Waals surface area (Å²) in [7, 11) is 0. The van der Waals surface area contributed by atoms with Gasteiger partial charge in [0, 0.05) is 21.9 Å². The zero-order valence-corrected chi connectivity index (χ0v) is 17.5. The molecule has 10 heteroatoms. The van der Waals surface area contributed by atoms with Crippen LogP contribution in [0.1, 0.15) is 20.7 Å². The number of ketones is 2. The summed E-state index contributed by atoms with van der Waals surface area (Å²) < 4.78 is 0. The van der Waals surface area contributed by atoms with Gasteiger partial charge in [-0.2, -0.15) is 0 Å². The van der Waals surface area contributed by atoms with Gasteiger partial charge in [-0.05, 0) is 18.2 Å². The fourth-order valence-corrected chi connectivity index (χ4v) is 5.11. The van der Waals surface area contributed by atoms with E-state index in [4.69, 9.17) is 23.2 Å². The van der Waals surface area contributed by atoms with Crippen LogP contribution >= 0.6 is 23.2 Å². The first-order chi connectivity index (χ1) is 15.2. The molecule has 1 saturated heterocycles. The molecule has 3 atom stereocenters. The highest BCUT2D eigenvalue weighted by atomic mass is 35.5. The number of anilines is 1. The number of aliphatic imine (C=N–C) groups is 1. The lowest BCUT2D eigenvalue weighted by Crippen LogP contribution is -2.37. The van der Waals surface area contributed by atoms with Crippen molar-refractivity contribution in [3.8, 4) is 0 Å². The summed E-state index contributed by atoms with van der Waals surface area (Å²) in [5.74, 6) is -8.37. The quantitative estimate of drug-likeness (QED) is 0.543. The van der Waals surface area contributed by atoms with E-state index in [1.54, 1.807) is 12.1 Å². The Morgan fingerprint density at radius 1 is 0.938 bits per heavy atom. The Morgan fingerprint density at radius 3 is 2.12 bits per heavy atom. The van der Waals surface area contributed by atoms with Gasteiger partial charge in [0.15, 0.2) is 17.6 Å². The van der Waals surface area contributed by atoms with Gasteiger partial charge in [-0.25, -0.2) is 9.69 Å². The van der Waals surface area contributed by atoms with Crippen LogP contribution in [0.15, 0.2) is 47.5 Å². The van der Waals surface area contributed by atoms with Crippen LogP contribution in [0, 0.1) is 17.8 Å². The molecule has 0 radical (unpaired) electrons. The van der Waals surface area contributed by atoms with Gasteiger partial charge >= 0.3 is 5.97 Å². The molecule has 0 saturated carbocycles. The second-order valence-electron chi connectivity index (χ2n) is 7.66. The van der Waals surface area contributed by atoms with Crippen LogP contribution in [0.4, 0.5) is 5.69 Å². The van der Waals surface area contributed by atoms with Crippen molar-refractivity contribution < 1.29 is 29.1 Å². The van der Waals surface area contributed by atoms with E-state index in [1.165, 1.54) is 30.3 Å². The van der Waals surface area contributed by atoms with Crippen molar-refractivity contribution >= 4 is 64.0 Å². The van der Waals surface area contributed by atoms with Crippen LogP contribution in [-0.2, 0) is 14.4 Å². The van der Waals surface area contributed by atoms with Crippen LogP contribution in [0.2, 0.25) is 10.0 Å². The summed E-state index contributed by atoms with van der Waals surface area (Å²) in [6.45, 7) is 0. The molecule has 2 aromatic rings. The molecule has 1 aliphatic carbocycles. The van der Waals surface area contributed by atoms with E-state index in [1.807, 2.05) is 0 Å². The van der Waals surface area contributed by atoms with Crippen molar-refractivity contribution in [1.29, 1.82) is 0 Å². The minimum atomic E-state index is -1.60. The lowest BCUT2D eigenvalue weighted by molar-refractivity contribution is -0.141. The third kappa shape index (κ3) is 2.69. The maximum absolute atomic E-state index is 13.4. The molecule has 1 fully saturated rings. The molecular weight excluding hydrogens is 459 g/mol. The molecule has 2 heterocycles. The number of hydrogen-bond acceptors (Lipinski definition) is 6. The van der Waals surface area contributed by atoms with Gasteiger partial charge in [-0.3, -0.25) is 24.2 Å². The lowest BCUT2D eigenvalue weighted by atomic mass is 9.82. The topological polar surface area (TPSA) is 121 Å². The first-order valence-electron chi connectivity index (χ1n) is 9.53. The molecule has 0 bridgehead atoms. The molecule has 2 aliphatic heterocycles. The number of carbonyl (C=O) groups excluding carboxylic acids is 4. The standard InChI is InChI=1S/C22H12Cl2N2O6/c23-8-5-6-12(11(24)7-8)26-20(29)13-14(21(26)30)17(22(31)32)25-16(13)15-18(27)9-3-1-2-4-10(9)19(15)28/h1-7,13-15,17H,(H,31,32). The molecule has 0 spiro atoms. The molecule has 2 amide bonds. The van der Waals surface area contributed by atoms with Crippen LogP contribution < -0.4 is 4.90 Å². The largest absolute Gasteiger partial charge is 0.480 e. The van der Waals surface area contributed by atoms with Crippen molar-refractivity contribution in [3.05, 3.63) is 63.6 Å². The van der Waals surface area contributed by atoms with Gasteiger partial charge in [0.25, 0.3) is 0 Å². The molecule has 5 rings (SSSR count). The van der Waals surface area contributed by atoms with Gasteiger partial charge < -0.3 is 5.11 Å². The van der Waals surface area contributed by atoms with Crippen LogP contribution in [0.25, 0.3) is 0 Å². The van der Waals surface area contributed by atoms with E-state index < -0.39 is 53.1 Å². The minimum absolute atomic E-state index is 0.0185. The minimum Gasteiger partial charge on any atom is -0.480 e. The Bertz CT molecular complexity index is 1270. The number of hydrogen-bond donors (Lipinski definition) is 1. The van der Waals surface area contributed by atoms with Crippen LogP contribution in [0.3, 0.4) is 0 Å². The zero-order valence-electron chi connectivity index (χ0n) is 16.0. The molecule has 1 N–H and O–H groups in total. The summed E-state index contributed by atoms with van der Waals surface area (Å²) in [5.41, 5.74) is 0.195. The number of aliphatic carboxylic acids is 1. The van der Waals surface area contributed by atoms with E-state index in [9.17, 15) is 29.1 Å². The number of carbonyl (C=O) groups is 5. The highest BCUT2D eigenvalue weighted by Gasteiger charge is 2.62. The third-order valence-corrected chi connectivity index (χ3v) is 6.52. The van der Waals surface area contributed by atoms with Gasteiger partial charge in [-0.15, -0.1) is 0 Å². The predicted octanol–water partition coefficient (Wildman–Crippen LogP) is 2.70. The summed E-state index contributed by atoms with van der Waals surface area (Å²) in [5, 5.41) is 9.98. The molecule has 160 valence electrons. The Labute approximate surface area is 190 Å². The first-order valence-corrected chi connectivity index (χ1v) is 10.3. The van der Waals surface area contributed by atoms with E-state index in [-0.39, 0.29) is 32.6 Å². The summed E-state index contributed by atoms with van der Waals surface area (Å²) in [6.07, 6.45) is 0. The number of benzene rings is 2. The monoisotopic (exact) mass is 470 g/mol. The molecule has 3 unspecified atom stereocenters. The maximum Gasteiger partial charge on any atom is 0.329 e. The summed E-state index contributed by atoms with van der Waals surface area (Å²) >= 11 is 12.1. The fourth-order valence-electron chi connectivity index (χ4n) is 4.62. The van der Waals surface area contributed by atoms with E-state index in [0.717, 1.165) is 4.90 Å². The number of carboxylic acid groups (broad SMARTS) is 1. The van der Waals surface area contributed by atoms with Crippen molar-refractivity contribution in [2.75, 3.05) is 4.90 Å². The average molecular weight is 471 g/mol. The molecular formula is C22H12Cl2N2O6. The molecule has 2 aromatic carbocycles. The number of halogens is 2. The smallest absolute Gasteiger partial charge is 0.329 e. The van der Waals surface area contributed by atoms with Gasteiger partial charge in [0.1, 0.15) is 5.92 Å². The van der Waals surface area contributed by atoms with Crippen LogP contribution in [-0.4, -0.2) is 46.2 Å². The molecule has 3 aliphatic rings. The van der Waals surface area contributed by atoms with Crippen molar-refractivity contribution in [3.63, 3.8) is 0 Å². The summed E-state index contributed by atoms with van der Waals surface area (Å²) in [4.78, 5) is 69.3. The van der Waals surface area contributed by atoms with E-state index >= 15 is 0 Å². The van der Waals surface area contributed by atoms with Gasteiger partial charge in [0.2, 0.25) is 11.8 Å². The highest BCUT2D eigenvalue weighted by molar-refractivity contribution is 6.43. The van der Waals surface area contributed by atoms with E-state index in [2.05, 4.69) is 4.99 Å². The van der Waals surface area contributed by atoms with Crippen molar-refractivity contribution in [2.24, 2.45) is 22.7 Å². The second-order valence-corrected chi connectivity index (χ2v) is 8.50. The SMILES string of the molecule is O=C1c2ccccc2C(=O)C1C1=NC(C(=O)O)C2C(=O)N(c3ccc(Cl)cc3Cl)C(=O)C12. The second kappa shape index (κ2) is 7.08. The van der Waals surface area contributed by atoms with Crippen LogP contribution in [0.5, 0.6) is 0 Å². The Hall–Kier alpha value is -3.36. The molecule has 8 nitrogen and oxygen atoms in total. The lowest BCUT2D eigenvalue weighted by Gasteiger charge is -2.19. The highest BCUT2D eigenvalue weighted by Crippen LogP contribution is 2.45.